The van der Waals surface area contributed by atoms with Crippen LogP contribution in [-0.2, 0) is 0 Å². The van der Waals surface area contributed by atoms with E-state index in [0.29, 0.717) is 0 Å². The normalized spacial score (nSPS) is 19.4. The van der Waals surface area contributed by atoms with Crippen LogP contribution in [0, 0.1) is 5.92 Å². The number of fused-ring (bicyclic) bond motifs is 1. The molecule has 1 unspecified atom stereocenters. The van der Waals surface area contributed by atoms with Gasteiger partial charge in [0.05, 0.1) is 0 Å². The van der Waals surface area contributed by atoms with Crippen molar-refractivity contribution in [2.75, 3.05) is 31.1 Å². The molecule has 1 atom stereocenters. The fourth-order valence-corrected chi connectivity index (χ4v) is 3.15. The zero-order valence-corrected chi connectivity index (χ0v) is 12.3. The van der Waals surface area contributed by atoms with Crippen molar-refractivity contribution in [3.05, 3.63) is 30.6 Å². The summed E-state index contributed by atoms with van der Waals surface area (Å²) >= 11 is 0. The standard InChI is InChI=1S/C16H24N4/c1-2-10-19(13-14-5-4-8-17-12-14)16-7-3-6-15-18-9-11-20(15)16/h3,6-7,9,11,14,17H,2,4-5,8,10,12-13H2,1H3. The number of pyridine rings is 1. The van der Waals surface area contributed by atoms with E-state index >= 15 is 0 Å². The number of hydrogen-bond acceptors (Lipinski definition) is 3. The quantitative estimate of drug-likeness (QED) is 0.908. The van der Waals surface area contributed by atoms with E-state index in [1.807, 2.05) is 6.20 Å². The Balaban J connectivity index is 1.83. The van der Waals surface area contributed by atoms with E-state index in [1.165, 1.54) is 31.6 Å². The zero-order chi connectivity index (χ0) is 13.8. The van der Waals surface area contributed by atoms with Gasteiger partial charge < -0.3 is 10.2 Å². The number of anilines is 1. The largest absolute Gasteiger partial charge is 0.357 e. The second-order valence-corrected chi connectivity index (χ2v) is 5.70. The number of piperidine rings is 1. The lowest BCUT2D eigenvalue weighted by molar-refractivity contribution is 0.376. The average Bonchev–Trinajstić information content (AvgIpc) is 2.96. The third kappa shape index (κ3) is 2.80. The summed E-state index contributed by atoms with van der Waals surface area (Å²) in [5, 5.41) is 3.52. The van der Waals surface area contributed by atoms with Gasteiger partial charge in [-0.3, -0.25) is 4.40 Å². The molecule has 1 fully saturated rings. The topological polar surface area (TPSA) is 32.6 Å². The Hall–Kier alpha value is -1.55. The summed E-state index contributed by atoms with van der Waals surface area (Å²) in [5.41, 5.74) is 1.03. The Bertz CT molecular complexity index is 542. The second-order valence-electron chi connectivity index (χ2n) is 5.70. The maximum atomic E-state index is 4.39. The number of imidazole rings is 1. The first-order valence-electron chi connectivity index (χ1n) is 7.76. The first-order chi connectivity index (χ1) is 9.88. The van der Waals surface area contributed by atoms with Gasteiger partial charge in [-0.2, -0.15) is 0 Å². The minimum Gasteiger partial charge on any atom is -0.357 e. The van der Waals surface area contributed by atoms with Gasteiger partial charge in [0.25, 0.3) is 0 Å². The van der Waals surface area contributed by atoms with Crippen molar-refractivity contribution >= 4 is 11.5 Å². The molecule has 0 amide bonds. The highest BCUT2D eigenvalue weighted by atomic mass is 15.2. The van der Waals surface area contributed by atoms with E-state index in [-0.39, 0.29) is 0 Å². The van der Waals surface area contributed by atoms with Gasteiger partial charge in [0.1, 0.15) is 11.5 Å². The minimum atomic E-state index is 0.758. The number of rotatable bonds is 5. The van der Waals surface area contributed by atoms with Gasteiger partial charge in [-0.15, -0.1) is 0 Å². The van der Waals surface area contributed by atoms with Crippen molar-refractivity contribution in [2.45, 2.75) is 26.2 Å². The number of hydrogen-bond donors (Lipinski definition) is 1. The van der Waals surface area contributed by atoms with Crippen LogP contribution in [0.2, 0.25) is 0 Å². The van der Waals surface area contributed by atoms with Crippen LogP contribution in [0.15, 0.2) is 30.6 Å². The summed E-state index contributed by atoms with van der Waals surface area (Å²) in [4.78, 5) is 6.91. The van der Waals surface area contributed by atoms with Gasteiger partial charge in [-0.05, 0) is 50.4 Å². The third-order valence-corrected chi connectivity index (χ3v) is 4.10. The molecule has 3 rings (SSSR count). The summed E-state index contributed by atoms with van der Waals surface area (Å²) in [6.07, 6.45) is 7.76. The summed E-state index contributed by atoms with van der Waals surface area (Å²) < 4.78 is 2.20. The Morgan fingerprint density at radius 1 is 1.45 bits per heavy atom. The Morgan fingerprint density at radius 3 is 3.20 bits per heavy atom. The fourth-order valence-electron chi connectivity index (χ4n) is 3.15. The van der Waals surface area contributed by atoms with Crippen molar-refractivity contribution < 1.29 is 0 Å². The first-order valence-corrected chi connectivity index (χ1v) is 7.76. The molecule has 2 aromatic rings. The molecule has 0 radical (unpaired) electrons. The number of nitrogens with zero attached hydrogens (tertiary/aromatic N) is 3. The minimum absolute atomic E-state index is 0.758. The number of nitrogens with one attached hydrogen (secondary N) is 1. The molecule has 0 spiro atoms. The highest BCUT2D eigenvalue weighted by molar-refractivity contribution is 5.51. The summed E-state index contributed by atoms with van der Waals surface area (Å²) in [7, 11) is 0. The lowest BCUT2D eigenvalue weighted by Crippen LogP contribution is -2.39. The fraction of sp³-hybridized carbons (Fsp3) is 0.562. The molecule has 0 aromatic carbocycles. The van der Waals surface area contributed by atoms with Crippen LogP contribution in [-0.4, -0.2) is 35.6 Å². The van der Waals surface area contributed by atoms with Crippen LogP contribution in [0.3, 0.4) is 0 Å². The van der Waals surface area contributed by atoms with Crippen LogP contribution < -0.4 is 10.2 Å². The van der Waals surface area contributed by atoms with Gasteiger partial charge >= 0.3 is 0 Å². The second kappa shape index (κ2) is 6.27. The molecular weight excluding hydrogens is 248 g/mol. The van der Waals surface area contributed by atoms with Crippen molar-refractivity contribution in [1.82, 2.24) is 14.7 Å². The van der Waals surface area contributed by atoms with E-state index in [4.69, 9.17) is 0 Å². The van der Waals surface area contributed by atoms with E-state index < -0.39 is 0 Å². The molecule has 1 saturated heterocycles. The molecule has 1 aliphatic rings. The van der Waals surface area contributed by atoms with Crippen LogP contribution >= 0.6 is 0 Å². The number of aromatic nitrogens is 2. The van der Waals surface area contributed by atoms with Gasteiger partial charge in [0.15, 0.2) is 0 Å². The van der Waals surface area contributed by atoms with E-state index in [9.17, 15) is 0 Å². The monoisotopic (exact) mass is 272 g/mol. The molecule has 4 nitrogen and oxygen atoms in total. The molecule has 1 aliphatic heterocycles. The molecule has 4 heteroatoms. The Morgan fingerprint density at radius 2 is 2.40 bits per heavy atom. The molecule has 0 aliphatic carbocycles. The molecule has 2 aromatic heterocycles. The maximum Gasteiger partial charge on any atom is 0.138 e. The van der Waals surface area contributed by atoms with Crippen LogP contribution in [0.1, 0.15) is 26.2 Å². The van der Waals surface area contributed by atoms with Crippen molar-refractivity contribution in [3.63, 3.8) is 0 Å². The third-order valence-electron chi connectivity index (χ3n) is 4.10. The molecular formula is C16H24N4. The maximum absolute atomic E-state index is 4.39. The van der Waals surface area contributed by atoms with E-state index in [1.54, 1.807) is 0 Å². The molecule has 1 N–H and O–H groups in total. The molecule has 20 heavy (non-hydrogen) atoms. The predicted molar refractivity (Wildman–Crippen MR) is 83.3 cm³/mol. The highest BCUT2D eigenvalue weighted by Crippen LogP contribution is 2.20. The summed E-state index contributed by atoms with van der Waals surface area (Å²) in [5.74, 6) is 2.03. The molecule has 3 heterocycles. The molecule has 0 saturated carbocycles. The van der Waals surface area contributed by atoms with Crippen molar-refractivity contribution in [2.24, 2.45) is 5.92 Å². The van der Waals surface area contributed by atoms with Gasteiger partial charge in [-0.1, -0.05) is 13.0 Å². The van der Waals surface area contributed by atoms with E-state index in [2.05, 4.69) is 50.9 Å². The SMILES string of the molecule is CCCN(CC1CCCNC1)c1cccc2nccn12. The Labute approximate surface area is 120 Å². The lowest BCUT2D eigenvalue weighted by Gasteiger charge is -2.31. The summed E-state index contributed by atoms with van der Waals surface area (Å²) in [6.45, 7) is 6.83. The Kier molecular flexibility index (Phi) is 4.21. The highest BCUT2D eigenvalue weighted by Gasteiger charge is 2.18. The van der Waals surface area contributed by atoms with Gasteiger partial charge in [-0.25, -0.2) is 4.98 Å². The van der Waals surface area contributed by atoms with Crippen molar-refractivity contribution in [3.8, 4) is 0 Å². The molecule has 108 valence electrons. The van der Waals surface area contributed by atoms with E-state index in [0.717, 1.165) is 31.2 Å². The zero-order valence-electron chi connectivity index (χ0n) is 12.3. The van der Waals surface area contributed by atoms with Crippen LogP contribution in [0.4, 0.5) is 5.82 Å². The lowest BCUT2D eigenvalue weighted by atomic mass is 9.99. The smallest absolute Gasteiger partial charge is 0.138 e. The predicted octanol–water partition coefficient (Wildman–Crippen LogP) is 2.55. The van der Waals surface area contributed by atoms with Gasteiger partial charge in [0.2, 0.25) is 0 Å². The van der Waals surface area contributed by atoms with Crippen LogP contribution in [0.25, 0.3) is 5.65 Å². The van der Waals surface area contributed by atoms with Crippen molar-refractivity contribution in [1.29, 1.82) is 0 Å². The average molecular weight is 272 g/mol. The van der Waals surface area contributed by atoms with Crippen LogP contribution in [0.5, 0.6) is 0 Å². The summed E-state index contributed by atoms with van der Waals surface area (Å²) in [6, 6.07) is 6.38. The first kappa shape index (κ1) is 13.4. The molecule has 0 bridgehead atoms. The van der Waals surface area contributed by atoms with Gasteiger partial charge in [0, 0.05) is 25.5 Å².